The molecule has 106 valence electrons. The van der Waals surface area contributed by atoms with Crippen LogP contribution in [0.5, 0.6) is 0 Å². The van der Waals surface area contributed by atoms with E-state index in [4.69, 9.17) is 0 Å². The fraction of sp³-hybridized carbons (Fsp3) is 0.133. The molecule has 1 N–H and O–H groups in total. The Morgan fingerprint density at radius 3 is 2.81 bits per heavy atom. The minimum Gasteiger partial charge on any atom is -0.323 e. The van der Waals surface area contributed by atoms with E-state index in [2.05, 4.69) is 26.2 Å². The number of thioether (sulfide) groups is 1. The predicted octanol–water partition coefficient (Wildman–Crippen LogP) is 3.56. The number of anilines is 1. The fourth-order valence-electron chi connectivity index (χ4n) is 1.93. The Morgan fingerprint density at radius 1 is 1.10 bits per heavy atom. The van der Waals surface area contributed by atoms with E-state index in [1.165, 1.54) is 5.56 Å². The van der Waals surface area contributed by atoms with Crippen molar-refractivity contribution in [3.8, 4) is 0 Å². The molecule has 1 amide bonds. The first-order chi connectivity index (χ1) is 10.3. The second-order valence-corrected chi connectivity index (χ2v) is 5.98. The van der Waals surface area contributed by atoms with Crippen LogP contribution in [0.15, 0.2) is 48.5 Å². The second-order valence-electron chi connectivity index (χ2n) is 4.46. The molecule has 0 aliphatic rings. The van der Waals surface area contributed by atoms with Gasteiger partial charge in [0.2, 0.25) is 5.91 Å². The minimum absolute atomic E-state index is 0.0172. The van der Waals surface area contributed by atoms with Crippen LogP contribution in [0.2, 0.25) is 0 Å². The van der Waals surface area contributed by atoms with Gasteiger partial charge in [0.15, 0.2) is 0 Å². The van der Waals surface area contributed by atoms with Gasteiger partial charge in [-0.1, -0.05) is 36.4 Å². The highest BCUT2D eigenvalue weighted by molar-refractivity contribution is 7.99. The second kappa shape index (κ2) is 6.69. The number of benzene rings is 2. The number of hydrogen-bond donors (Lipinski definition) is 1. The monoisotopic (exact) mass is 315 g/mol. The maximum Gasteiger partial charge on any atom is 0.234 e. The van der Waals surface area contributed by atoms with E-state index in [0.29, 0.717) is 5.75 Å². The molecule has 0 unspecified atom stereocenters. The van der Waals surface area contributed by atoms with Crippen LogP contribution < -0.4 is 5.32 Å². The minimum atomic E-state index is -0.0172. The Morgan fingerprint density at radius 2 is 1.95 bits per heavy atom. The van der Waals surface area contributed by atoms with Gasteiger partial charge in [0, 0.05) is 5.75 Å². The largest absolute Gasteiger partial charge is 0.323 e. The summed E-state index contributed by atoms with van der Waals surface area (Å²) in [4.78, 5) is 12.0. The van der Waals surface area contributed by atoms with Gasteiger partial charge in [0.05, 0.1) is 23.2 Å². The summed E-state index contributed by atoms with van der Waals surface area (Å²) in [7, 11) is 0. The molecule has 0 saturated heterocycles. The maximum atomic E-state index is 12.0. The first-order valence-corrected chi connectivity index (χ1v) is 8.34. The van der Waals surface area contributed by atoms with Crippen LogP contribution in [-0.4, -0.2) is 20.4 Å². The van der Waals surface area contributed by atoms with Crippen molar-refractivity contribution in [3.05, 3.63) is 54.1 Å². The molecule has 4 nitrogen and oxygen atoms in total. The van der Waals surface area contributed by atoms with Crippen molar-refractivity contribution in [2.45, 2.75) is 5.75 Å². The summed E-state index contributed by atoms with van der Waals surface area (Å²) >= 11 is 2.75. The fourth-order valence-corrected chi connectivity index (χ4v) is 3.27. The molecule has 3 rings (SSSR count). The molecule has 0 aliphatic heterocycles. The number of rotatable bonds is 5. The van der Waals surface area contributed by atoms with Gasteiger partial charge in [-0.15, -0.1) is 11.8 Å². The summed E-state index contributed by atoms with van der Waals surface area (Å²) in [5.74, 6) is 1.23. The van der Waals surface area contributed by atoms with Crippen molar-refractivity contribution in [1.29, 1.82) is 0 Å². The number of fused-ring (bicyclic) bond motifs is 1. The first-order valence-electron chi connectivity index (χ1n) is 6.46. The quantitative estimate of drug-likeness (QED) is 0.782. The summed E-state index contributed by atoms with van der Waals surface area (Å²) in [6, 6.07) is 15.7. The summed E-state index contributed by atoms with van der Waals surface area (Å²) in [6.45, 7) is 0. The van der Waals surface area contributed by atoms with Crippen molar-refractivity contribution in [2.24, 2.45) is 0 Å². The smallest absolute Gasteiger partial charge is 0.234 e. The summed E-state index contributed by atoms with van der Waals surface area (Å²) in [5, 5.41) is 2.90. The highest BCUT2D eigenvalue weighted by atomic mass is 32.2. The lowest BCUT2D eigenvalue weighted by Crippen LogP contribution is -2.14. The van der Waals surface area contributed by atoms with Gasteiger partial charge in [0.1, 0.15) is 11.0 Å². The van der Waals surface area contributed by atoms with E-state index in [9.17, 15) is 4.79 Å². The summed E-state index contributed by atoms with van der Waals surface area (Å²) in [5.41, 5.74) is 3.52. The number of carbonyl (C=O) groups is 1. The third-order valence-electron chi connectivity index (χ3n) is 2.90. The van der Waals surface area contributed by atoms with Crippen LogP contribution in [0.3, 0.4) is 0 Å². The third-order valence-corrected chi connectivity index (χ3v) is 4.45. The Balaban J connectivity index is 1.56. The van der Waals surface area contributed by atoms with Crippen LogP contribution in [0.1, 0.15) is 5.56 Å². The molecule has 1 heterocycles. The molecular formula is C15H13N3OS2. The zero-order valence-electron chi connectivity index (χ0n) is 11.2. The van der Waals surface area contributed by atoms with E-state index < -0.39 is 0 Å². The maximum absolute atomic E-state index is 12.0. The van der Waals surface area contributed by atoms with Crippen LogP contribution in [0, 0.1) is 0 Å². The average Bonchev–Trinajstić information content (AvgIpc) is 2.98. The van der Waals surface area contributed by atoms with Crippen molar-refractivity contribution >= 4 is 46.1 Å². The van der Waals surface area contributed by atoms with Crippen LogP contribution in [-0.2, 0) is 10.5 Å². The molecule has 0 bridgehead atoms. The number of carbonyl (C=O) groups excluding carboxylic acids is 1. The van der Waals surface area contributed by atoms with Gasteiger partial charge in [-0.05, 0) is 17.7 Å². The molecule has 0 saturated carbocycles. The van der Waals surface area contributed by atoms with Crippen LogP contribution in [0.25, 0.3) is 11.0 Å². The van der Waals surface area contributed by atoms with Crippen LogP contribution >= 0.6 is 23.5 Å². The van der Waals surface area contributed by atoms with E-state index in [-0.39, 0.29) is 5.91 Å². The zero-order chi connectivity index (χ0) is 14.5. The summed E-state index contributed by atoms with van der Waals surface area (Å²) in [6.07, 6.45) is 0. The van der Waals surface area contributed by atoms with Crippen molar-refractivity contribution in [3.63, 3.8) is 0 Å². The van der Waals surface area contributed by atoms with Gasteiger partial charge >= 0.3 is 0 Å². The molecular weight excluding hydrogens is 302 g/mol. The molecule has 2 aromatic carbocycles. The van der Waals surface area contributed by atoms with Gasteiger partial charge in [-0.25, -0.2) is 0 Å². The predicted molar refractivity (Wildman–Crippen MR) is 88.6 cm³/mol. The number of nitrogens with zero attached hydrogens (tertiary/aromatic N) is 2. The molecule has 3 aromatic rings. The zero-order valence-corrected chi connectivity index (χ0v) is 12.8. The van der Waals surface area contributed by atoms with Crippen molar-refractivity contribution in [2.75, 3.05) is 11.1 Å². The molecule has 0 aliphatic carbocycles. The first kappa shape index (κ1) is 14.0. The van der Waals surface area contributed by atoms with E-state index in [1.54, 1.807) is 11.8 Å². The van der Waals surface area contributed by atoms with Gasteiger partial charge in [-0.3, -0.25) is 4.79 Å². The number of hydrogen-bond acceptors (Lipinski definition) is 5. The Kier molecular flexibility index (Phi) is 4.47. The van der Waals surface area contributed by atoms with E-state index >= 15 is 0 Å². The Hall–Kier alpha value is -1.92. The Labute approximate surface area is 130 Å². The number of aromatic nitrogens is 2. The number of amides is 1. The molecule has 0 fully saturated rings. The lowest BCUT2D eigenvalue weighted by molar-refractivity contribution is -0.113. The molecule has 0 atom stereocenters. The lowest BCUT2D eigenvalue weighted by atomic mass is 10.2. The molecule has 1 aromatic heterocycles. The third kappa shape index (κ3) is 3.59. The van der Waals surface area contributed by atoms with E-state index in [0.717, 1.165) is 34.2 Å². The van der Waals surface area contributed by atoms with Gasteiger partial charge in [-0.2, -0.15) is 8.75 Å². The molecule has 21 heavy (non-hydrogen) atoms. The van der Waals surface area contributed by atoms with Gasteiger partial charge < -0.3 is 5.32 Å². The molecule has 0 radical (unpaired) electrons. The highest BCUT2D eigenvalue weighted by Crippen LogP contribution is 2.21. The highest BCUT2D eigenvalue weighted by Gasteiger charge is 2.08. The average molecular weight is 315 g/mol. The van der Waals surface area contributed by atoms with E-state index in [1.807, 2.05) is 36.4 Å². The normalized spacial score (nSPS) is 10.7. The van der Waals surface area contributed by atoms with Crippen molar-refractivity contribution in [1.82, 2.24) is 8.75 Å². The lowest BCUT2D eigenvalue weighted by Gasteiger charge is -2.05. The Bertz CT molecular complexity index is 743. The standard InChI is InChI=1S/C15H13N3OS2/c19-14(10-20-9-11-5-2-1-3-6-11)16-12-7-4-8-13-15(12)18-21-17-13/h1-8H,9-10H2,(H,16,19). The SMILES string of the molecule is O=C(CSCc1ccccc1)Nc1cccc2nsnc12. The van der Waals surface area contributed by atoms with Crippen LogP contribution in [0.4, 0.5) is 5.69 Å². The molecule has 0 spiro atoms. The summed E-state index contributed by atoms with van der Waals surface area (Å²) < 4.78 is 8.37. The van der Waals surface area contributed by atoms with Gasteiger partial charge in [0.25, 0.3) is 0 Å². The van der Waals surface area contributed by atoms with Crippen molar-refractivity contribution < 1.29 is 4.79 Å². The molecule has 6 heteroatoms. The topological polar surface area (TPSA) is 54.9 Å². The number of nitrogens with one attached hydrogen (secondary N) is 1.